The van der Waals surface area contributed by atoms with E-state index in [0.29, 0.717) is 31.1 Å². The second kappa shape index (κ2) is 7.74. The van der Waals surface area contributed by atoms with Gasteiger partial charge >= 0.3 is 0 Å². The van der Waals surface area contributed by atoms with Gasteiger partial charge in [0.25, 0.3) is 0 Å². The molecule has 24 heavy (non-hydrogen) atoms. The van der Waals surface area contributed by atoms with Gasteiger partial charge in [-0.1, -0.05) is 18.2 Å². The molecule has 0 unspecified atom stereocenters. The third-order valence-electron chi connectivity index (χ3n) is 3.51. The molecule has 3 rings (SSSR count). The summed E-state index contributed by atoms with van der Waals surface area (Å²) in [4.78, 5) is 0.104. The van der Waals surface area contributed by atoms with E-state index in [2.05, 4.69) is 4.72 Å². The van der Waals surface area contributed by atoms with E-state index in [9.17, 15) is 8.42 Å². The van der Waals surface area contributed by atoms with E-state index in [-0.39, 0.29) is 29.6 Å². The standard InChI is InChI=1S/C16H18N2O4S.ClH/c17-13-6-4-12(5-7-13)8-9-18-23(19,20)15-3-1-2-14-16(15)22-11-10-21-14;/h1-7,18H,8-11,17H2;1H. The molecular formula is C16H19ClN2O4S. The zero-order chi connectivity index (χ0) is 16.3. The van der Waals surface area contributed by atoms with Crippen molar-refractivity contribution in [3.05, 3.63) is 48.0 Å². The number of rotatable bonds is 5. The summed E-state index contributed by atoms with van der Waals surface area (Å²) in [5, 5.41) is 0. The Bertz CT molecular complexity index is 794. The van der Waals surface area contributed by atoms with Gasteiger partial charge in [0.1, 0.15) is 18.1 Å². The second-order valence-corrected chi connectivity index (χ2v) is 6.91. The molecule has 0 radical (unpaired) electrons. The van der Waals surface area contributed by atoms with Crippen molar-refractivity contribution in [3.63, 3.8) is 0 Å². The Morgan fingerprint density at radius 2 is 1.75 bits per heavy atom. The number of nitrogens with one attached hydrogen (secondary N) is 1. The second-order valence-electron chi connectivity index (χ2n) is 5.17. The van der Waals surface area contributed by atoms with Crippen LogP contribution in [-0.4, -0.2) is 28.2 Å². The first-order chi connectivity index (χ1) is 11.1. The van der Waals surface area contributed by atoms with Crippen LogP contribution in [0, 0.1) is 0 Å². The Morgan fingerprint density at radius 1 is 1.04 bits per heavy atom. The molecule has 0 saturated heterocycles. The highest BCUT2D eigenvalue weighted by Crippen LogP contribution is 2.36. The van der Waals surface area contributed by atoms with Crippen molar-refractivity contribution in [1.29, 1.82) is 0 Å². The summed E-state index contributed by atoms with van der Waals surface area (Å²) in [6.45, 7) is 1.04. The predicted octanol–water partition coefficient (Wildman–Crippen LogP) is 1.98. The normalized spacial score (nSPS) is 13.2. The smallest absolute Gasteiger partial charge is 0.244 e. The number of halogens is 1. The average Bonchev–Trinajstić information content (AvgIpc) is 2.56. The fourth-order valence-electron chi connectivity index (χ4n) is 2.35. The highest BCUT2D eigenvalue weighted by Gasteiger charge is 2.24. The number of ether oxygens (including phenoxy) is 2. The fraction of sp³-hybridized carbons (Fsp3) is 0.250. The van der Waals surface area contributed by atoms with Crippen LogP contribution in [0.3, 0.4) is 0 Å². The van der Waals surface area contributed by atoms with E-state index in [1.807, 2.05) is 12.1 Å². The summed E-state index contributed by atoms with van der Waals surface area (Å²) in [6.07, 6.45) is 0.575. The third kappa shape index (κ3) is 4.11. The molecular weight excluding hydrogens is 352 g/mol. The number of fused-ring (bicyclic) bond motifs is 1. The summed E-state index contributed by atoms with van der Waals surface area (Å²) in [5.74, 6) is 0.733. The molecule has 2 aromatic rings. The number of nitrogen functional groups attached to an aromatic ring is 1. The van der Waals surface area contributed by atoms with Crippen molar-refractivity contribution in [3.8, 4) is 11.5 Å². The highest BCUT2D eigenvalue weighted by atomic mass is 35.5. The van der Waals surface area contributed by atoms with Crippen molar-refractivity contribution in [2.24, 2.45) is 0 Å². The van der Waals surface area contributed by atoms with Crippen LogP contribution in [0.4, 0.5) is 5.69 Å². The maximum absolute atomic E-state index is 12.5. The van der Waals surface area contributed by atoms with E-state index >= 15 is 0 Å². The zero-order valence-corrected chi connectivity index (χ0v) is 14.5. The zero-order valence-electron chi connectivity index (χ0n) is 12.9. The van der Waals surface area contributed by atoms with Crippen LogP contribution in [0.25, 0.3) is 0 Å². The predicted molar refractivity (Wildman–Crippen MR) is 94.4 cm³/mol. The highest BCUT2D eigenvalue weighted by molar-refractivity contribution is 7.89. The third-order valence-corrected chi connectivity index (χ3v) is 4.99. The van der Waals surface area contributed by atoms with E-state index < -0.39 is 10.0 Å². The van der Waals surface area contributed by atoms with Gasteiger partial charge in [-0.25, -0.2) is 13.1 Å². The SMILES string of the molecule is Cl.Nc1ccc(CCNS(=O)(=O)c2cccc3c2OCCO3)cc1. The molecule has 0 spiro atoms. The van der Waals surface area contributed by atoms with E-state index in [0.717, 1.165) is 5.56 Å². The lowest BCUT2D eigenvalue weighted by molar-refractivity contribution is 0.167. The Morgan fingerprint density at radius 3 is 2.50 bits per heavy atom. The van der Waals surface area contributed by atoms with Gasteiger partial charge < -0.3 is 15.2 Å². The van der Waals surface area contributed by atoms with E-state index in [1.165, 1.54) is 6.07 Å². The lowest BCUT2D eigenvalue weighted by Gasteiger charge is -2.20. The summed E-state index contributed by atoms with van der Waals surface area (Å²) in [6, 6.07) is 12.2. The topological polar surface area (TPSA) is 90.7 Å². The van der Waals surface area contributed by atoms with Crippen LogP contribution in [-0.2, 0) is 16.4 Å². The molecule has 3 N–H and O–H groups in total. The molecule has 8 heteroatoms. The molecule has 0 saturated carbocycles. The Balaban J connectivity index is 0.00000208. The number of anilines is 1. The molecule has 0 atom stereocenters. The maximum Gasteiger partial charge on any atom is 0.244 e. The minimum absolute atomic E-state index is 0. The van der Waals surface area contributed by atoms with Crippen molar-refractivity contribution < 1.29 is 17.9 Å². The average molecular weight is 371 g/mol. The van der Waals surface area contributed by atoms with Crippen LogP contribution in [0.1, 0.15) is 5.56 Å². The monoisotopic (exact) mass is 370 g/mol. The van der Waals surface area contributed by atoms with Gasteiger partial charge in [0, 0.05) is 12.2 Å². The number of benzene rings is 2. The van der Waals surface area contributed by atoms with Crippen LogP contribution in [0.5, 0.6) is 11.5 Å². The molecule has 1 heterocycles. The number of hydrogen-bond donors (Lipinski definition) is 2. The summed E-state index contributed by atoms with van der Waals surface area (Å²) in [7, 11) is -3.66. The van der Waals surface area contributed by atoms with Crippen LogP contribution in [0.2, 0.25) is 0 Å². The van der Waals surface area contributed by atoms with Gasteiger partial charge in [-0.15, -0.1) is 12.4 Å². The molecule has 0 fully saturated rings. The molecule has 1 aliphatic heterocycles. The molecule has 2 aromatic carbocycles. The summed E-state index contributed by atoms with van der Waals surface area (Å²) in [5.41, 5.74) is 7.32. The maximum atomic E-state index is 12.5. The van der Waals surface area contributed by atoms with Gasteiger partial charge in [0.2, 0.25) is 10.0 Å². The lowest BCUT2D eigenvalue weighted by atomic mass is 10.1. The molecule has 0 aliphatic carbocycles. The van der Waals surface area contributed by atoms with E-state index in [4.69, 9.17) is 15.2 Å². The first-order valence-electron chi connectivity index (χ1n) is 7.29. The first kappa shape index (κ1) is 18.4. The molecule has 0 amide bonds. The summed E-state index contributed by atoms with van der Waals surface area (Å²) >= 11 is 0. The first-order valence-corrected chi connectivity index (χ1v) is 8.77. The van der Waals surface area contributed by atoms with Crippen LogP contribution < -0.4 is 19.9 Å². The number of hydrogen-bond acceptors (Lipinski definition) is 5. The molecule has 1 aliphatic rings. The molecule has 6 nitrogen and oxygen atoms in total. The quantitative estimate of drug-likeness (QED) is 0.785. The molecule has 0 bridgehead atoms. The van der Waals surface area contributed by atoms with Gasteiger partial charge in [0.15, 0.2) is 11.5 Å². The minimum Gasteiger partial charge on any atom is -0.486 e. The van der Waals surface area contributed by atoms with Crippen molar-refractivity contribution in [1.82, 2.24) is 4.72 Å². The molecule has 130 valence electrons. The number of nitrogens with two attached hydrogens (primary N) is 1. The Labute approximate surface area is 147 Å². The van der Waals surface area contributed by atoms with Gasteiger partial charge in [-0.2, -0.15) is 0 Å². The number of para-hydroxylation sites is 1. The van der Waals surface area contributed by atoms with Crippen LogP contribution >= 0.6 is 12.4 Å². The Hall–Kier alpha value is -1.96. The van der Waals surface area contributed by atoms with Crippen molar-refractivity contribution in [2.45, 2.75) is 11.3 Å². The minimum atomic E-state index is -3.66. The Kier molecular flexibility index (Phi) is 5.93. The largest absolute Gasteiger partial charge is 0.486 e. The lowest BCUT2D eigenvalue weighted by Crippen LogP contribution is -2.27. The van der Waals surface area contributed by atoms with Crippen molar-refractivity contribution >= 4 is 28.1 Å². The van der Waals surface area contributed by atoms with Crippen molar-refractivity contribution in [2.75, 3.05) is 25.5 Å². The summed E-state index contributed by atoms with van der Waals surface area (Å²) < 4.78 is 38.4. The number of sulfonamides is 1. The van der Waals surface area contributed by atoms with Crippen LogP contribution in [0.15, 0.2) is 47.4 Å². The van der Waals surface area contributed by atoms with Gasteiger partial charge in [-0.3, -0.25) is 0 Å². The van der Waals surface area contributed by atoms with E-state index in [1.54, 1.807) is 24.3 Å². The van der Waals surface area contributed by atoms with Gasteiger partial charge in [0.05, 0.1) is 0 Å². The molecule has 0 aromatic heterocycles. The van der Waals surface area contributed by atoms with Gasteiger partial charge in [-0.05, 0) is 36.2 Å². The fourth-order valence-corrected chi connectivity index (χ4v) is 3.54.